The van der Waals surface area contributed by atoms with Crippen molar-refractivity contribution in [2.75, 3.05) is 0 Å². The van der Waals surface area contributed by atoms with Gasteiger partial charge in [-0.2, -0.15) is 0 Å². The third kappa shape index (κ3) is 2.21. The van der Waals surface area contributed by atoms with Crippen LogP contribution in [0.2, 0.25) is 0 Å². The minimum absolute atomic E-state index is 0.293. The maximum absolute atomic E-state index is 5.57. The topological polar surface area (TPSA) is 75.3 Å². The molecule has 78 valence electrons. The van der Waals surface area contributed by atoms with E-state index < -0.39 is 0 Å². The van der Waals surface area contributed by atoms with Gasteiger partial charge in [0, 0.05) is 5.69 Å². The van der Waals surface area contributed by atoms with E-state index in [1.165, 1.54) is 0 Å². The van der Waals surface area contributed by atoms with Gasteiger partial charge < -0.3 is 16.4 Å². The van der Waals surface area contributed by atoms with E-state index in [4.69, 9.17) is 18.0 Å². The third-order valence-corrected chi connectivity index (χ3v) is 2.19. The van der Waals surface area contributed by atoms with Crippen molar-refractivity contribution in [2.24, 2.45) is 10.7 Å². The maximum atomic E-state index is 5.57. The number of nitrogens with two attached hydrogens (primary N) is 1. The van der Waals surface area contributed by atoms with Crippen molar-refractivity contribution < 1.29 is 0 Å². The first-order valence-electron chi connectivity index (χ1n) is 4.49. The lowest BCUT2D eigenvalue weighted by Crippen LogP contribution is -2.49. The Hall–Kier alpha value is -1.69. The third-order valence-electron chi connectivity index (χ3n) is 1.97. The first kappa shape index (κ1) is 9.85. The molecule has 1 aromatic heterocycles. The molecule has 0 spiro atoms. The number of nitrogens with one attached hydrogen (secondary N) is 2. The van der Waals surface area contributed by atoms with Crippen molar-refractivity contribution in [3.05, 3.63) is 29.6 Å². The van der Waals surface area contributed by atoms with Gasteiger partial charge in [0.25, 0.3) is 0 Å². The highest BCUT2D eigenvalue weighted by Gasteiger charge is 2.18. The zero-order valence-electron chi connectivity index (χ0n) is 8.19. The van der Waals surface area contributed by atoms with Gasteiger partial charge in [0.2, 0.25) is 0 Å². The van der Waals surface area contributed by atoms with Gasteiger partial charge in [0.15, 0.2) is 17.2 Å². The highest BCUT2D eigenvalue weighted by atomic mass is 32.1. The number of rotatable bonds is 1. The molecule has 0 saturated carbocycles. The van der Waals surface area contributed by atoms with Crippen LogP contribution in [0.1, 0.15) is 17.6 Å². The molecule has 2 rings (SSSR count). The fraction of sp³-hybridized carbons (Fsp3) is 0.222. The second-order valence-electron chi connectivity index (χ2n) is 3.22. The molecule has 0 amide bonds. The number of aliphatic imine (C=N–C) groups is 1. The molecule has 1 unspecified atom stereocenters. The summed E-state index contributed by atoms with van der Waals surface area (Å²) < 4.78 is 0. The molecular weight excluding hydrogens is 210 g/mol. The Morgan fingerprint density at radius 2 is 2.27 bits per heavy atom. The molecule has 1 atom stereocenters. The number of aryl methyl sites for hydroxylation is 1. The molecule has 1 aliphatic heterocycles. The molecule has 0 fully saturated rings. The van der Waals surface area contributed by atoms with Gasteiger partial charge in [-0.25, -0.2) is 4.99 Å². The molecule has 0 radical (unpaired) electrons. The lowest BCUT2D eigenvalue weighted by molar-refractivity contribution is 0.638. The minimum Gasteiger partial charge on any atom is -0.370 e. The summed E-state index contributed by atoms with van der Waals surface area (Å²) in [5.41, 5.74) is 7.32. The van der Waals surface area contributed by atoms with E-state index >= 15 is 0 Å². The highest BCUT2D eigenvalue weighted by molar-refractivity contribution is 7.80. The monoisotopic (exact) mass is 221 g/mol. The number of aromatic nitrogens is 1. The molecule has 2 heterocycles. The largest absolute Gasteiger partial charge is 0.370 e. The zero-order chi connectivity index (χ0) is 10.8. The molecule has 0 aliphatic carbocycles. The van der Waals surface area contributed by atoms with Crippen LogP contribution in [0.15, 0.2) is 23.2 Å². The number of hydrogen-bond acceptors (Lipinski definition) is 4. The van der Waals surface area contributed by atoms with E-state index in [9.17, 15) is 0 Å². The van der Waals surface area contributed by atoms with Gasteiger partial charge in [0.1, 0.15) is 0 Å². The summed E-state index contributed by atoms with van der Waals surface area (Å²) in [7, 11) is 0. The van der Waals surface area contributed by atoms with Crippen molar-refractivity contribution in [1.82, 2.24) is 15.6 Å². The van der Waals surface area contributed by atoms with Crippen molar-refractivity contribution in [3.63, 3.8) is 0 Å². The number of nitrogens with zero attached hydrogens (tertiary/aromatic N) is 2. The normalized spacial score (nSPS) is 20.2. The maximum Gasteiger partial charge on any atom is 0.197 e. The molecule has 0 bridgehead atoms. The molecule has 1 aliphatic rings. The molecule has 1 aromatic rings. The van der Waals surface area contributed by atoms with Crippen LogP contribution in [0.4, 0.5) is 0 Å². The van der Waals surface area contributed by atoms with E-state index in [2.05, 4.69) is 20.6 Å². The lowest BCUT2D eigenvalue weighted by Gasteiger charge is -2.22. The van der Waals surface area contributed by atoms with Crippen LogP contribution in [0.5, 0.6) is 0 Å². The van der Waals surface area contributed by atoms with Crippen molar-refractivity contribution >= 4 is 23.3 Å². The molecule has 4 N–H and O–H groups in total. The van der Waals surface area contributed by atoms with E-state index in [1.54, 1.807) is 0 Å². The first-order valence-corrected chi connectivity index (χ1v) is 4.90. The molecule has 5 nitrogen and oxygen atoms in total. The molecule has 0 aromatic carbocycles. The number of pyridine rings is 1. The van der Waals surface area contributed by atoms with E-state index in [0.717, 1.165) is 11.4 Å². The van der Waals surface area contributed by atoms with Crippen LogP contribution in [0, 0.1) is 6.92 Å². The lowest BCUT2D eigenvalue weighted by atomic mass is 10.2. The van der Waals surface area contributed by atoms with Gasteiger partial charge in [-0.05, 0) is 31.3 Å². The van der Waals surface area contributed by atoms with Gasteiger partial charge >= 0.3 is 0 Å². The van der Waals surface area contributed by atoms with Crippen LogP contribution in [0.3, 0.4) is 0 Å². The Kier molecular flexibility index (Phi) is 2.51. The van der Waals surface area contributed by atoms with E-state index in [-0.39, 0.29) is 6.17 Å². The van der Waals surface area contributed by atoms with Gasteiger partial charge in [-0.15, -0.1) is 0 Å². The summed E-state index contributed by atoms with van der Waals surface area (Å²) in [5.74, 6) is 0.312. The Bertz CT molecular complexity index is 428. The van der Waals surface area contributed by atoms with Crippen molar-refractivity contribution in [1.29, 1.82) is 0 Å². The molecule has 0 saturated heterocycles. The minimum atomic E-state index is -0.293. The first-order chi connectivity index (χ1) is 7.15. The van der Waals surface area contributed by atoms with Crippen LogP contribution in [0.25, 0.3) is 0 Å². The predicted molar refractivity (Wildman–Crippen MR) is 62.2 cm³/mol. The Morgan fingerprint density at radius 1 is 1.47 bits per heavy atom. The molecule has 15 heavy (non-hydrogen) atoms. The van der Waals surface area contributed by atoms with Gasteiger partial charge in [-0.3, -0.25) is 4.98 Å². The average molecular weight is 221 g/mol. The van der Waals surface area contributed by atoms with Crippen molar-refractivity contribution in [2.45, 2.75) is 13.1 Å². The van der Waals surface area contributed by atoms with Gasteiger partial charge in [0.05, 0.1) is 5.69 Å². The number of hydrogen-bond donors (Lipinski definition) is 3. The summed E-state index contributed by atoms with van der Waals surface area (Å²) >= 11 is 4.98. The zero-order valence-corrected chi connectivity index (χ0v) is 9.01. The summed E-state index contributed by atoms with van der Waals surface area (Å²) in [4.78, 5) is 8.52. The standard InChI is InChI=1S/C9H11N5S/c1-5-3-2-4-6(11-5)7-12-8(10)14-9(15)13-7/h2-4,7H,1H3,(H4,10,12,13,14,15). The summed E-state index contributed by atoms with van der Waals surface area (Å²) in [6.45, 7) is 1.93. The highest BCUT2D eigenvalue weighted by Crippen LogP contribution is 2.13. The smallest absolute Gasteiger partial charge is 0.197 e. The molecule has 6 heteroatoms. The second kappa shape index (κ2) is 3.82. The summed E-state index contributed by atoms with van der Waals surface area (Å²) in [6, 6.07) is 5.74. The Balaban J connectivity index is 2.31. The van der Waals surface area contributed by atoms with Crippen molar-refractivity contribution in [3.8, 4) is 0 Å². The second-order valence-corrected chi connectivity index (χ2v) is 3.63. The fourth-order valence-electron chi connectivity index (χ4n) is 1.34. The van der Waals surface area contributed by atoms with Crippen LogP contribution in [-0.2, 0) is 0 Å². The summed E-state index contributed by atoms with van der Waals surface area (Å²) in [5, 5.41) is 6.16. The quantitative estimate of drug-likeness (QED) is 0.590. The van der Waals surface area contributed by atoms with Gasteiger partial charge in [-0.1, -0.05) is 6.07 Å². The Labute approximate surface area is 92.8 Å². The van der Waals surface area contributed by atoms with Crippen LogP contribution >= 0.6 is 12.2 Å². The van der Waals surface area contributed by atoms with E-state index in [1.807, 2.05) is 25.1 Å². The molecular formula is C9H11N5S. The van der Waals surface area contributed by atoms with Crippen LogP contribution < -0.4 is 16.4 Å². The van der Waals surface area contributed by atoms with Crippen LogP contribution in [-0.4, -0.2) is 16.1 Å². The number of thiocarbonyl (C=S) groups is 1. The van der Waals surface area contributed by atoms with E-state index in [0.29, 0.717) is 11.1 Å². The summed E-state index contributed by atoms with van der Waals surface area (Å²) in [6.07, 6.45) is -0.293. The SMILES string of the molecule is Cc1cccc(C2N=C(N)NC(=S)N2)n1. The fourth-order valence-corrected chi connectivity index (χ4v) is 1.55. The number of guanidine groups is 1. The predicted octanol–water partition coefficient (Wildman–Crippen LogP) is 0.181. The average Bonchev–Trinajstić information content (AvgIpc) is 2.16. The Morgan fingerprint density at radius 3 is 2.93 bits per heavy atom.